The van der Waals surface area contributed by atoms with Crippen molar-refractivity contribution in [1.29, 1.82) is 0 Å². The Morgan fingerprint density at radius 2 is 1.56 bits per heavy atom. The lowest BCUT2D eigenvalue weighted by Crippen LogP contribution is -1.72. The third kappa shape index (κ3) is 1.20. The van der Waals surface area contributed by atoms with Gasteiger partial charge in [-0.25, -0.2) is 0 Å². The van der Waals surface area contributed by atoms with E-state index in [4.69, 9.17) is 0 Å². The molecule has 0 saturated carbocycles. The summed E-state index contributed by atoms with van der Waals surface area (Å²) in [5, 5.41) is 0. The van der Waals surface area contributed by atoms with Crippen LogP contribution in [0.5, 0.6) is 0 Å². The molecule has 0 heteroatoms. The van der Waals surface area contributed by atoms with Gasteiger partial charge in [-0.2, -0.15) is 0 Å². The zero-order valence-electron chi connectivity index (χ0n) is 5.43. The standard InChI is InChI=1S/C9H10/c1-3-8-5-6-9(4-2)7-8/h3-6H,1-2,7H2. The first kappa shape index (κ1) is 6.09. The number of allylic oxidation sites excluding steroid dienone is 6. The van der Waals surface area contributed by atoms with Gasteiger partial charge in [0, 0.05) is 0 Å². The second kappa shape index (κ2) is 2.49. The monoisotopic (exact) mass is 118 g/mol. The fourth-order valence-corrected chi connectivity index (χ4v) is 0.848. The van der Waals surface area contributed by atoms with Gasteiger partial charge in [-0.1, -0.05) is 37.5 Å². The van der Waals surface area contributed by atoms with E-state index in [9.17, 15) is 0 Å². The molecule has 0 aromatic heterocycles. The second-order valence-corrected chi connectivity index (χ2v) is 2.07. The molecule has 1 aliphatic rings. The van der Waals surface area contributed by atoms with Gasteiger partial charge in [0.1, 0.15) is 0 Å². The maximum Gasteiger partial charge on any atom is -0.00262 e. The summed E-state index contributed by atoms with van der Waals surface area (Å²) in [6.45, 7) is 7.35. The first-order valence-corrected chi connectivity index (χ1v) is 3.01. The Morgan fingerprint density at radius 1 is 1.11 bits per heavy atom. The van der Waals surface area contributed by atoms with Crippen LogP contribution in [0.15, 0.2) is 48.6 Å². The Hall–Kier alpha value is -1.04. The predicted octanol–water partition coefficient (Wildman–Crippen LogP) is 2.61. The van der Waals surface area contributed by atoms with E-state index in [1.165, 1.54) is 11.1 Å². The summed E-state index contributed by atoms with van der Waals surface area (Å²) in [6, 6.07) is 0. The first-order valence-electron chi connectivity index (χ1n) is 3.01. The number of hydrogen-bond donors (Lipinski definition) is 0. The summed E-state index contributed by atoms with van der Waals surface area (Å²) in [5.74, 6) is 0. The normalized spacial score (nSPS) is 16.4. The summed E-state index contributed by atoms with van der Waals surface area (Å²) in [5.41, 5.74) is 2.56. The average molecular weight is 118 g/mol. The highest BCUT2D eigenvalue weighted by atomic mass is 14.0. The third-order valence-corrected chi connectivity index (χ3v) is 1.44. The molecule has 0 spiro atoms. The van der Waals surface area contributed by atoms with Gasteiger partial charge in [0.2, 0.25) is 0 Å². The number of hydrogen-bond acceptors (Lipinski definition) is 0. The van der Waals surface area contributed by atoms with E-state index in [1.54, 1.807) is 0 Å². The second-order valence-electron chi connectivity index (χ2n) is 2.07. The van der Waals surface area contributed by atoms with Crippen molar-refractivity contribution in [1.82, 2.24) is 0 Å². The predicted molar refractivity (Wildman–Crippen MR) is 41.2 cm³/mol. The maximum absolute atomic E-state index is 3.68. The topological polar surface area (TPSA) is 0 Å². The zero-order valence-corrected chi connectivity index (χ0v) is 5.43. The highest BCUT2D eigenvalue weighted by Gasteiger charge is 1.99. The molecule has 0 amide bonds. The van der Waals surface area contributed by atoms with Gasteiger partial charge >= 0.3 is 0 Å². The van der Waals surface area contributed by atoms with Crippen molar-refractivity contribution in [3.63, 3.8) is 0 Å². The quantitative estimate of drug-likeness (QED) is 0.523. The third-order valence-electron chi connectivity index (χ3n) is 1.44. The highest BCUT2D eigenvalue weighted by Crippen LogP contribution is 2.19. The van der Waals surface area contributed by atoms with Gasteiger partial charge in [0.15, 0.2) is 0 Å². The molecule has 0 nitrogen and oxygen atoms in total. The molecule has 1 rings (SSSR count). The van der Waals surface area contributed by atoms with Crippen LogP contribution in [0, 0.1) is 0 Å². The molecule has 0 atom stereocenters. The summed E-state index contributed by atoms with van der Waals surface area (Å²) in [7, 11) is 0. The Bertz CT molecular complexity index is 170. The molecular weight excluding hydrogens is 108 g/mol. The van der Waals surface area contributed by atoms with Crippen molar-refractivity contribution < 1.29 is 0 Å². The molecule has 46 valence electrons. The molecule has 0 heterocycles. The smallest absolute Gasteiger partial charge is 0.00262 e. The van der Waals surface area contributed by atoms with Gasteiger partial charge in [-0.05, 0) is 17.6 Å². The van der Waals surface area contributed by atoms with Gasteiger partial charge in [-0.3, -0.25) is 0 Å². The molecule has 0 unspecified atom stereocenters. The molecule has 0 saturated heterocycles. The van der Waals surface area contributed by atoms with E-state index in [-0.39, 0.29) is 0 Å². The summed E-state index contributed by atoms with van der Waals surface area (Å²) in [4.78, 5) is 0. The number of rotatable bonds is 2. The van der Waals surface area contributed by atoms with Crippen molar-refractivity contribution >= 4 is 0 Å². The van der Waals surface area contributed by atoms with E-state index in [1.807, 2.05) is 12.2 Å². The van der Waals surface area contributed by atoms with E-state index < -0.39 is 0 Å². The zero-order chi connectivity index (χ0) is 6.69. The van der Waals surface area contributed by atoms with Crippen molar-refractivity contribution in [2.75, 3.05) is 0 Å². The summed E-state index contributed by atoms with van der Waals surface area (Å²) < 4.78 is 0. The van der Waals surface area contributed by atoms with Crippen LogP contribution < -0.4 is 0 Å². The van der Waals surface area contributed by atoms with Gasteiger partial charge in [0.25, 0.3) is 0 Å². The van der Waals surface area contributed by atoms with Crippen molar-refractivity contribution in [2.45, 2.75) is 6.42 Å². The Balaban J connectivity index is 2.62. The van der Waals surface area contributed by atoms with Gasteiger partial charge in [-0.15, -0.1) is 0 Å². The molecule has 0 radical (unpaired) electrons. The SMILES string of the molecule is C=CC1=CC=C(C=C)C1. The molecule has 0 bridgehead atoms. The fourth-order valence-electron chi connectivity index (χ4n) is 0.848. The molecular formula is C9H10. The van der Waals surface area contributed by atoms with E-state index in [0.29, 0.717) is 0 Å². The maximum atomic E-state index is 3.68. The molecule has 0 aromatic carbocycles. The van der Waals surface area contributed by atoms with Crippen LogP contribution in [-0.4, -0.2) is 0 Å². The van der Waals surface area contributed by atoms with Crippen molar-refractivity contribution in [2.24, 2.45) is 0 Å². The van der Waals surface area contributed by atoms with Gasteiger partial charge < -0.3 is 0 Å². The van der Waals surface area contributed by atoms with Gasteiger partial charge in [0.05, 0.1) is 0 Å². The largest absolute Gasteiger partial charge is 0.0988 e. The van der Waals surface area contributed by atoms with Crippen LogP contribution in [0.1, 0.15) is 6.42 Å². The lowest BCUT2D eigenvalue weighted by atomic mass is 10.1. The lowest BCUT2D eigenvalue weighted by molar-refractivity contribution is 1.26. The average Bonchev–Trinajstić information content (AvgIpc) is 2.34. The Morgan fingerprint density at radius 3 is 1.78 bits per heavy atom. The molecule has 0 N–H and O–H groups in total. The first-order chi connectivity index (χ1) is 4.36. The fraction of sp³-hybridized carbons (Fsp3) is 0.111. The minimum Gasteiger partial charge on any atom is -0.0988 e. The lowest BCUT2D eigenvalue weighted by Gasteiger charge is -1.91. The summed E-state index contributed by atoms with van der Waals surface area (Å²) >= 11 is 0. The minimum absolute atomic E-state index is 1.01. The van der Waals surface area contributed by atoms with Crippen LogP contribution in [0.25, 0.3) is 0 Å². The van der Waals surface area contributed by atoms with Crippen molar-refractivity contribution in [3.8, 4) is 0 Å². The molecule has 0 fully saturated rings. The van der Waals surface area contributed by atoms with Crippen LogP contribution in [0.4, 0.5) is 0 Å². The Labute approximate surface area is 55.9 Å². The van der Waals surface area contributed by atoms with Crippen LogP contribution in [-0.2, 0) is 0 Å². The van der Waals surface area contributed by atoms with Crippen molar-refractivity contribution in [3.05, 3.63) is 48.6 Å². The van der Waals surface area contributed by atoms with E-state index >= 15 is 0 Å². The minimum atomic E-state index is 1.01. The summed E-state index contributed by atoms with van der Waals surface area (Å²) in [6.07, 6.45) is 8.92. The molecule has 9 heavy (non-hydrogen) atoms. The van der Waals surface area contributed by atoms with Crippen LogP contribution in [0.2, 0.25) is 0 Å². The highest BCUT2D eigenvalue weighted by molar-refractivity contribution is 5.40. The van der Waals surface area contributed by atoms with E-state index in [0.717, 1.165) is 6.42 Å². The Kier molecular flexibility index (Phi) is 1.69. The molecule has 0 aliphatic heterocycles. The molecule has 0 aromatic rings. The van der Waals surface area contributed by atoms with E-state index in [2.05, 4.69) is 25.3 Å². The van der Waals surface area contributed by atoms with Crippen LogP contribution in [0.3, 0.4) is 0 Å². The molecule has 1 aliphatic carbocycles. The van der Waals surface area contributed by atoms with Crippen LogP contribution >= 0.6 is 0 Å².